The zero-order valence-electron chi connectivity index (χ0n) is 89.6. The largest absolute Gasteiger partial charge is 0.478 e. The molecule has 8 aromatic carbocycles. The monoisotopic (exact) mass is 1960 g/mol. The van der Waals surface area contributed by atoms with Gasteiger partial charge in [0, 0.05) is 89.4 Å². The van der Waals surface area contributed by atoms with E-state index in [1.807, 2.05) is 255 Å². The molecule has 0 atom stereocenters. The number of nitrogens with zero attached hydrogens (tertiary/aromatic N) is 2. The lowest BCUT2D eigenvalue weighted by Gasteiger charge is -2.20. The molecule has 782 valence electrons. The number of carboxylic acid groups (broad SMARTS) is 1. The number of aliphatic hydroxyl groups is 2. The first-order valence-electron chi connectivity index (χ1n) is 47.0. The van der Waals surface area contributed by atoms with E-state index in [2.05, 4.69) is 36.1 Å². The SMILES string of the molecule is CC(C)(C)OCc1cccc(C(=O)O)c1.CC(C)(C)OCc1cccc(C(=O)OCCO)c1.CC(C)(C)OCc1cccc(C(N)=O)c1.CN(CCO)C(=O)c1ccc(COC(C)(C)C)cc1.COC(=O)c1cccc(CNC(C)(C)C)c1.COCCN(C)C(=O)c1ccc(COC(C)(C)C)cc1.COCCNC(=O)c1ccc(COC(C)(C)C)cc1.COCCOC(=O)c1cccc(COC(C)(C)C)c1. The van der Waals surface area contributed by atoms with Crippen LogP contribution in [-0.2, 0) is 114 Å². The van der Waals surface area contributed by atoms with Crippen molar-refractivity contribution < 1.29 is 115 Å². The maximum absolute atomic E-state index is 12.1. The van der Waals surface area contributed by atoms with Crippen LogP contribution in [0.25, 0.3) is 0 Å². The van der Waals surface area contributed by atoms with Gasteiger partial charge in [0.25, 0.3) is 17.7 Å². The van der Waals surface area contributed by atoms with E-state index < -0.39 is 17.8 Å². The fraction of sp³-hybridized carbons (Fsp3) is 0.500. The first-order valence-corrected chi connectivity index (χ1v) is 47.0. The second-order valence-electron chi connectivity index (χ2n) is 40.6. The van der Waals surface area contributed by atoms with Gasteiger partial charge in [-0.05, 0) is 308 Å². The molecule has 8 rings (SSSR count). The van der Waals surface area contributed by atoms with Gasteiger partial charge in [-0.2, -0.15) is 0 Å². The molecule has 0 aliphatic carbocycles. The summed E-state index contributed by atoms with van der Waals surface area (Å²) in [5, 5.41) is 32.4. The Hall–Kier alpha value is -11.0. The number of benzene rings is 8. The Balaban J connectivity index is 0.000000807. The zero-order chi connectivity index (χ0) is 107. The summed E-state index contributed by atoms with van der Waals surface area (Å²) in [6.45, 7) is 55.5. The molecule has 29 heteroatoms. The van der Waals surface area contributed by atoms with E-state index in [1.54, 1.807) is 125 Å². The lowest BCUT2D eigenvalue weighted by atomic mass is 10.1. The number of carbonyl (C=O) groups excluding carboxylic acids is 7. The minimum absolute atomic E-state index is 0.00494. The van der Waals surface area contributed by atoms with Crippen molar-refractivity contribution in [3.8, 4) is 0 Å². The van der Waals surface area contributed by atoms with Gasteiger partial charge in [-0.15, -0.1) is 0 Å². The van der Waals surface area contributed by atoms with Gasteiger partial charge in [-0.1, -0.05) is 97.1 Å². The molecule has 0 bridgehead atoms. The predicted octanol–water partition coefficient (Wildman–Crippen LogP) is 19.3. The highest BCUT2D eigenvalue weighted by molar-refractivity contribution is 5.96. The smallest absolute Gasteiger partial charge is 0.338 e. The maximum atomic E-state index is 12.1. The highest BCUT2D eigenvalue weighted by atomic mass is 16.6. The number of ether oxygens (including phenoxy) is 13. The number of nitrogens with one attached hydrogen (secondary N) is 2. The maximum Gasteiger partial charge on any atom is 0.338 e. The fourth-order valence-electron chi connectivity index (χ4n) is 10.7. The molecular weight excluding hydrogens is 1800 g/mol. The van der Waals surface area contributed by atoms with Gasteiger partial charge in [-0.3, -0.25) is 19.2 Å². The van der Waals surface area contributed by atoms with Crippen molar-refractivity contribution in [3.05, 3.63) is 283 Å². The molecule has 0 aliphatic heterocycles. The van der Waals surface area contributed by atoms with Crippen molar-refractivity contribution in [1.29, 1.82) is 0 Å². The van der Waals surface area contributed by atoms with Crippen LogP contribution in [0.15, 0.2) is 194 Å². The Morgan fingerprint density at radius 1 is 0.312 bits per heavy atom. The standard InChI is InChI=1S/C16H25NO3.2C15H23NO3.C15H22O4.C14H20O4.C13H19NO2.C12H17NO2.C12H16O3/c1-16(2,3)20-12-13-6-8-14(9-7-13)15(18)17(4)10-11-19-5;1-15(2,3)19-11-12-5-7-13(8-6-12)14(17)16-9-10-18-4;1-15(2,3)19-11-12-5-7-13(8-6-12)14(18)16(4)9-10-17;1-15(2,3)19-11-12-6-5-7-13(10-12)14(16)18-9-8-17-4;1-14(2,3)18-10-11-5-4-6-12(9-11)13(16)17-8-7-15;1-13(2,3)14-9-10-6-5-7-11(8-10)12(15)16-4;2*1-12(2,3)15-8-9-5-4-6-10(7-9)11(13)14/h6-9H,10-12H2,1-5H3;5-8H,9-11H2,1-4H3,(H,16,17);5-8,17H,9-11H2,1-4H3;5-7,10H,8-9,11H2,1-4H3;4-6,9,15H,7-8,10H2,1-3H3;5-8,14H,9H2,1-4H3;4-7H,8H2,1-3H3,(H2,13,14);4-7H,8H2,1-3H3,(H,13,14). The van der Waals surface area contributed by atoms with E-state index in [4.69, 9.17) is 77.9 Å². The average Bonchev–Trinajstić information content (AvgIpc) is 1.19. The summed E-state index contributed by atoms with van der Waals surface area (Å²) in [4.78, 5) is 95.3. The van der Waals surface area contributed by atoms with Gasteiger partial charge in [0.1, 0.15) is 13.2 Å². The van der Waals surface area contributed by atoms with Crippen LogP contribution in [0.1, 0.15) is 294 Å². The molecule has 8 aromatic rings. The number of rotatable bonds is 37. The van der Waals surface area contributed by atoms with Crippen LogP contribution in [0.3, 0.4) is 0 Å². The Kier molecular flexibility index (Phi) is 59.2. The molecule has 0 fully saturated rings. The van der Waals surface area contributed by atoms with E-state index in [1.165, 1.54) is 12.0 Å². The van der Waals surface area contributed by atoms with Gasteiger partial charge >= 0.3 is 23.9 Å². The summed E-state index contributed by atoms with van der Waals surface area (Å²) in [5.74, 6) is -2.54. The number of amides is 4. The van der Waals surface area contributed by atoms with Crippen LogP contribution in [0, 0.1) is 0 Å². The first-order chi connectivity index (χ1) is 65.6. The number of esters is 3. The van der Waals surface area contributed by atoms with Crippen molar-refractivity contribution in [2.24, 2.45) is 5.73 Å². The van der Waals surface area contributed by atoms with Crippen LogP contribution in [-0.4, -0.2) is 226 Å². The molecule has 0 spiro atoms. The van der Waals surface area contributed by atoms with Crippen molar-refractivity contribution in [3.63, 3.8) is 0 Å². The summed E-state index contributed by atoms with van der Waals surface area (Å²) in [7, 11) is 9.65. The van der Waals surface area contributed by atoms with E-state index in [-0.39, 0.29) is 101 Å². The van der Waals surface area contributed by atoms with Crippen molar-refractivity contribution in [1.82, 2.24) is 20.4 Å². The average molecular weight is 1970 g/mol. The third-order valence-corrected chi connectivity index (χ3v) is 18.4. The minimum Gasteiger partial charge on any atom is -0.478 e. The second-order valence-corrected chi connectivity index (χ2v) is 40.6. The van der Waals surface area contributed by atoms with E-state index >= 15 is 0 Å². The number of primary amides is 1. The highest BCUT2D eigenvalue weighted by Crippen LogP contribution is 2.22. The van der Waals surface area contributed by atoms with Gasteiger partial charge in [0.15, 0.2) is 0 Å². The molecule has 0 saturated carbocycles. The lowest BCUT2D eigenvalue weighted by Crippen LogP contribution is -2.35. The van der Waals surface area contributed by atoms with Crippen LogP contribution >= 0.6 is 0 Å². The van der Waals surface area contributed by atoms with Crippen LogP contribution in [0.4, 0.5) is 0 Å². The Labute approximate surface area is 839 Å². The predicted molar refractivity (Wildman–Crippen MR) is 553 cm³/mol. The van der Waals surface area contributed by atoms with E-state index in [0.29, 0.717) is 130 Å². The number of carbonyl (C=O) groups is 8. The molecule has 0 aliphatic rings. The quantitative estimate of drug-likeness (QED) is 0.0120. The van der Waals surface area contributed by atoms with Crippen molar-refractivity contribution in [2.75, 3.05) is 108 Å². The first kappa shape index (κ1) is 128. The Morgan fingerprint density at radius 3 is 0.915 bits per heavy atom. The van der Waals surface area contributed by atoms with Gasteiger partial charge in [0.2, 0.25) is 5.91 Å². The number of carboxylic acids is 1. The molecular formula is C112H165N5O24. The normalized spacial score (nSPS) is 11.4. The second kappa shape index (κ2) is 65.2. The molecule has 7 N–H and O–H groups in total. The molecule has 0 aromatic heterocycles. The lowest BCUT2D eigenvalue weighted by molar-refractivity contribution is -0.0153. The number of hydrogen-bond donors (Lipinski definition) is 6. The van der Waals surface area contributed by atoms with E-state index in [0.717, 1.165) is 51.1 Å². The van der Waals surface area contributed by atoms with Crippen molar-refractivity contribution >= 4 is 47.5 Å². The number of hydrogen-bond acceptors (Lipinski definition) is 24. The summed E-state index contributed by atoms with van der Waals surface area (Å²) < 4.78 is 68.8. The molecule has 29 nitrogen and oxygen atoms in total. The Bertz CT molecular complexity index is 4870. The van der Waals surface area contributed by atoms with Crippen LogP contribution in [0.5, 0.6) is 0 Å². The fourth-order valence-corrected chi connectivity index (χ4v) is 10.7. The molecule has 4 amide bonds. The van der Waals surface area contributed by atoms with Crippen molar-refractivity contribution in [2.45, 2.75) is 264 Å². The topological polar surface area (TPSA) is 374 Å². The molecule has 0 saturated heterocycles. The highest BCUT2D eigenvalue weighted by Gasteiger charge is 2.21. The number of nitrogens with two attached hydrogens (primary N) is 1. The van der Waals surface area contributed by atoms with Crippen LogP contribution in [0.2, 0.25) is 0 Å². The molecule has 0 radical (unpaired) electrons. The summed E-state index contributed by atoms with van der Waals surface area (Å²) in [6.07, 6.45) is 0. The molecule has 141 heavy (non-hydrogen) atoms. The summed E-state index contributed by atoms with van der Waals surface area (Å²) in [6, 6.07) is 58.2. The van der Waals surface area contributed by atoms with E-state index in [9.17, 15) is 38.4 Å². The number of methoxy groups -OCH3 is 4. The van der Waals surface area contributed by atoms with Gasteiger partial charge < -0.3 is 103 Å². The minimum atomic E-state index is -0.910. The van der Waals surface area contributed by atoms with Crippen LogP contribution < -0.4 is 16.4 Å². The molecule has 0 unspecified atom stereocenters. The molecule has 0 heterocycles. The Morgan fingerprint density at radius 2 is 0.603 bits per heavy atom. The van der Waals surface area contributed by atoms with Gasteiger partial charge in [-0.25, -0.2) is 19.2 Å². The third kappa shape index (κ3) is 64.2. The summed E-state index contributed by atoms with van der Waals surface area (Å²) in [5.41, 5.74) is 16.3. The van der Waals surface area contributed by atoms with Gasteiger partial charge in [0.05, 0.1) is 148 Å². The summed E-state index contributed by atoms with van der Waals surface area (Å²) >= 11 is 0. The number of aliphatic hydroxyl groups excluding tert-OH is 2. The number of aromatic carboxylic acids is 1. The third-order valence-electron chi connectivity index (χ3n) is 18.4. The number of likely N-dealkylation sites (N-methyl/N-ethyl adjacent to an activating group) is 2. The zero-order valence-corrected chi connectivity index (χ0v) is 89.6.